The number of nitrogens with zero attached hydrogens (tertiary/aromatic N) is 1. The number of alkyl halides is 3. The van der Waals surface area contributed by atoms with E-state index in [0.717, 1.165) is 44.2 Å². The van der Waals surface area contributed by atoms with Crippen molar-refractivity contribution in [3.63, 3.8) is 0 Å². The van der Waals surface area contributed by atoms with Crippen LogP contribution in [0.15, 0.2) is 22.7 Å². The third-order valence-electron chi connectivity index (χ3n) is 6.19. The van der Waals surface area contributed by atoms with Crippen molar-refractivity contribution in [2.75, 3.05) is 0 Å². The number of carbonyl (C=O) groups excluding carboxylic acids is 1. The average Bonchev–Trinajstić information content (AvgIpc) is 3.10. The van der Waals surface area contributed by atoms with Crippen molar-refractivity contribution in [3.8, 4) is 11.3 Å². The van der Waals surface area contributed by atoms with Crippen LogP contribution >= 0.6 is 0 Å². The summed E-state index contributed by atoms with van der Waals surface area (Å²) in [5, 5.41) is 19.9. The van der Waals surface area contributed by atoms with Gasteiger partial charge >= 0.3 is 6.18 Å². The lowest BCUT2D eigenvalue weighted by atomic mass is 9.92. The second-order valence-electron chi connectivity index (χ2n) is 8.53. The molecule has 1 heterocycles. The Morgan fingerprint density at radius 1 is 1.16 bits per heavy atom. The van der Waals surface area contributed by atoms with E-state index in [2.05, 4.69) is 15.8 Å². The van der Waals surface area contributed by atoms with Crippen molar-refractivity contribution in [2.24, 2.45) is 0 Å². The summed E-state index contributed by atoms with van der Waals surface area (Å²) in [5.74, 6) is -1.86. The summed E-state index contributed by atoms with van der Waals surface area (Å²) < 4.78 is 58.2. The maximum absolute atomic E-state index is 14.2. The highest BCUT2D eigenvalue weighted by molar-refractivity contribution is 5.95. The van der Waals surface area contributed by atoms with Crippen molar-refractivity contribution >= 4 is 5.91 Å². The minimum Gasteiger partial charge on any atom is -0.393 e. The Hall–Kier alpha value is -2.46. The molecule has 6 nitrogen and oxygen atoms in total. The number of hydrogen-bond acceptors (Lipinski definition) is 5. The molecule has 0 bridgehead atoms. The van der Waals surface area contributed by atoms with Crippen molar-refractivity contribution < 1.29 is 32.0 Å². The molecule has 0 aliphatic heterocycles. The van der Waals surface area contributed by atoms with Gasteiger partial charge in [0.15, 0.2) is 11.5 Å². The molecule has 0 spiro atoms. The Balaban J connectivity index is 1.61. The zero-order chi connectivity index (χ0) is 22.9. The fraction of sp³-hybridized carbons (Fsp3) is 0.545. The van der Waals surface area contributed by atoms with Crippen LogP contribution < -0.4 is 10.6 Å². The maximum Gasteiger partial charge on any atom is 0.419 e. The fourth-order valence-electron chi connectivity index (χ4n) is 4.17. The molecule has 1 aromatic carbocycles. The van der Waals surface area contributed by atoms with Crippen LogP contribution in [0.1, 0.15) is 66.6 Å². The first-order valence-corrected chi connectivity index (χ1v) is 10.8. The van der Waals surface area contributed by atoms with Crippen LogP contribution in [0.2, 0.25) is 0 Å². The number of rotatable bonds is 6. The molecule has 10 heteroatoms. The summed E-state index contributed by atoms with van der Waals surface area (Å²) in [6.45, 7) is 0.211. The third kappa shape index (κ3) is 4.96. The Bertz CT molecular complexity index is 972. The molecular weight excluding hydrogens is 430 g/mol. The maximum atomic E-state index is 14.2. The van der Waals surface area contributed by atoms with E-state index in [1.165, 1.54) is 0 Å². The standard InChI is InChI=1S/C22H25F4N3O3/c23-18-9-12(7-8-17(18)22(24,25)26)20-16(11-27-13-3-1-4-13)19(29-32-20)21(31)28-14-5-2-6-15(30)10-14/h7-9,13-15,27,30H,1-6,10-11H2,(H,28,31). The average molecular weight is 455 g/mol. The lowest BCUT2D eigenvalue weighted by molar-refractivity contribution is -0.139. The highest BCUT2D eigenvalue weighted by atomic mass is 19.4. The number of aromatic nitrogens is 1. The van der Waals surface area contributed by atoms with Crippen molar-refractivity contribution in [1.29, 1.82) is 0 Å². The van der Waals surface area contributed by atoms with Crippen LogP contribution in [-0.2, 0) is 12.7 Å². The number of aliphatic hydroxyl groups excluding tert-OH is 1. The van der Waals surface area contributed by atoms with E-state index in [-0.39, 0.29) is 35.6 Å². The highest BCUT2D eigenvalue weighted by Gasteiger charge is 2.35. The largest absolute Gasteiger partial charge is 0.419 e. The number of halogens is 4. The van der Waals surface area contributed by atoms with Gasteiger partial charge in [0, 0.05) is 29.8 Å². The van der Waals surface area contributed by atoms with Crippen LogP contribution in [0.25, 0.3) is 11.3 Å². The van der Waals surface area contributed by atoms with E-state index in [0.29, 0.717) is 24.5 Å². The second kappa shape index (κ2) is 9.19. The molecule has 2 unspecified atom stereocenters. The Morgan fingerprint density at radius 3 is 2.50 bits per heavy atom. The molecule has 2 aromatic rings. The van der Waals surface area contributed by atoms with E-state index < -0.39 is 29.6 Å². The van der Waals surface area contributed by atoms with Crippen LogP contribution in [-0.4, -0.2) is 34.4 Å². The molecule has 2 saturated carbocycles. The van der Waals surface area contributed by atoms with Gasteiger partial charge in [-0.05, 0) is 50.7 Å². The number of benzene rings is 1. The summed E-state index contributed by atoms with van der Waals surface area (Å²) in [7, 11) is 0. The first-order valence-electron chi connectivity index (χ1n) is 10.8. The van der Waals surface area contributed by atoms with Crippen LogP contribution in [0.5, 0.6) is 0 Å². The zero-order valence-electron chi connectivity index (χ0n) is 17.3. The van der Waals surface area contributed by atoms with Gasteiger partial charge in [0.1, 0.15) is 5.82 Å². The topological polar surface area (TPSA) is 87.4 Å². The quantitative estimate of drug-likeness (QED) is 0.569. The molecule has 0 saturated heterocycles. The summed E-state index contributed by atoms with van der Waals surface area (Å²) in [5.41, 5.74) is -0.929. The van der Waals surface area contributed by atoms with Gasteiger partial charge in [-0.2, -0.15) is 13.2 Å². The van der Waals surface area contributed by atoms with Gasteiger partial charge in [-0.1, -0.05) is 17.6 Å². The van der Waals surface area contributed by atoms with Gasteiger partial charge in [0.2, 0.25) is 0 Å². The molecule has 4 rings (SSSR count). The Labute approximate surface area is 182 Å². The molecular formula is C22H25F4N3O3. The van der Waals surface area contributed by atoms with Gasteiger partial charge < -0.3 is 20.3 Å². The third-order valence-corrected chi connectivity index (χ3v) is 6.19. The van der Waals surface area contributed by atoms with Crippen molar-refractivity contribution in [2.45, 2.75) is 75.9 Å². The van der Waals surface area contributed by atoms with Gasteiger partial charge in [-0.25, -0.2) is 4.39 Å². The normalized spacial score (nSPS) is 21.9. The fourth-order valence-corrected chi connectivity index (χ4v) is 4.17. The Morgan fingerprint density at radius 2 is 1.88 bits per heavy atom. The molecule has 174 valence electrons. The summed E-state index contributed by atoms with van der Waals surface area (Å²) in [4.78, 5) is 12.9. The molecule has 1 amide bonds. The molecule has 1 aromatic heterocycles. The zero-order valence-corrected chi connectivity index (χ0v) is 17.3. The van der Waals surface area contributed by atoms with E-state index >= 15 is 0 Å². The van der Waals surface area contributed by atoms with Gasteiger partial charge in [0.05, 0.1) is 11.7 Å². The van der Waals surface area contributed by atoms with Gasteiger partial charge in [0.25, 0.3) is 5.91 Å². The molecule has 3 N–H and O–H groups in total. The van der Waals surface area contributed by atoms with Gasteiger partial charge in [-0.15, -0.1) is 0 Å². The smallest absolute Gasteiger partial charge is 0.393 e. The van der Waals surface area contributed by atoms with Crippen LogP contribution in [0, 0.1) is 5.82 Å². The predicted molar refractivity (Wildman–Crippen MR) is 107 cm³/mol. The number of nitrogens with one attached hydrogen (secondary N) is 2. The lowest BCUT2D eigenvalue weighted by Crippen LogP contribution is -2.40. The first kappa shape index (κ1) is 22.7. The van der Waals surface area contributed by atoms with Gasteiger partial charge in [-0.3, -0.25) is 4.79 Å². The summed E-state index contributed by atoms with van der Waals surface area (Å²) >= 11 is 0. The summed E-state index contributed by atoms with van der Waals surface area (Å²) in [6, 6.07) is 2.57. The predicted octanol–water partition coefficient (Wildman–Crippen LogP) is 4.17. The minimum atomic E-state index is -4.81. The monoisotopic (exact) mass is 455 g/mol. The van der Waals surface area contributed by atoms with Crippen LogP contribution in [0.3, 0.4) is 0 Å². The molecule has 32 heavy (non-hydrogen) atoms. The minimum absolute atomic E-state index is 0.00666. The van der Waals surface area contributed by atoms with E-state index in [1.54, 1.807) is 0 Å². The van der Waals surface area contributed by atoms with E-state index in [9.17, 15) is 27.5 Å². The summed E-state index contributed by atoms with van der Waals surface area (Å²) in [6.07, 6.45) is 0.423. The number of carbonyl (C=O) groups is 1. The van der Waals surface area contributed by atoms with Crippen molar-refractivity contribution in [3.05, 3.63) is 40.8 Å². The molecule has 2 aliphatic carbocycles. The molecule has 2 atom stereocenters. The first-order chi connectivity index (χ1) is 15.2. The molecule has 0 radical (unpaired) electrons. The highest BCUT2D eigenvalue weighted by Crippen LogP contribution is 2.35. The Kier molecular flexibility index (Phi) is 6.52. The van der Waals surface area contributed by atoms with E-state index in [4.69, 9.17) is 4.52 Å². The number of hydrogen-bond donors (Lipinski definition) is 3. The van der Waals surface area contributed by atoms with E-state index in [1.807, 2.05) is 0 Å². The van der Waals surface area contributed by atoms with Crippen molar-refractivity contribution in [1.82, 2.24) is 15.8 Å². The molecule has 2 aliphatic rings. The SMILES string of the molecule is O=C(NC1CCCC(O)C1)c1noc(-c2ccc(C(F)(F)F)c(F)c2)c1CNC1CCC1. The lowest BCUT2D eigenvalue weighted by Gasteiger charge is -2.27. The van der Waals surface area contributed by atoms with Crippen LogP contribution in [0.4, 0.5) is 17.6 Å². The second-order valence-corrected chi connectivity index (χ2v) is 8.53. The molecule has 2 fully saturated rings. The number of amides is 1. The number of aliphatic hydroxyl groups is 1.